The molecule has 0 aromatic rings. The summed E-state index contributed by atoms with van der Waals surface area (Å²) < 4.78 is 0. The van der Waals surface area contributed by atoms with Crippen LogP contribution in [0.2, 0.25) is 0 Å². The van der Waals surface area contributed by atoms with Gasteiger partial charge in [-0.25, -0.2) is 0 Å². The molecule has 0 N–H and O–H groups in total. The molecule has 10 heavy (non-hydrogen) atoms. The molecule has 0 radical (unpaired) electrons. The first-order valence-corrected chi connectivity index (χ1v) is 5.04. The van der Waals surface area contributed by atoms with Gasteiger partial charge in [-0.15, -0.1) is 0 Å². The predicted molar refractivity (Wildman–Crippen MR) is 49.6 cm³/mol. The van der Waals surface area contributed by atoms with Gasteiger partial charge in [0.2, 0.25) is 0 Å². The minimum atomic E-state index is 0.728. The van der Waals surface area contributed by atoms with E-state index in [1.165, 1.54) is 38.5 Å². The van der Waals surface area contributed by atoms with Gasteiger partial charge in [0, 0.05) is 5.25 Å². The Balaban J connectivity index is 2.14. The lowest BCUT2D eigenvalue weighted by molar-refractivity contribution is 0.490. The van der Waals surface area contributed by atoms with E-state index in [2.05, 4.69) is 19.6 Å². The van der Waals surface area contributed by atoms with Gasteiger partial charge in [0.1, 0.15) is 0 Å². The lowest BCUT2D eigenvalue weighted by Crippen LogP contribution is -2.06. The zero-order valence-corrected chi connectivity index (χ0v) is 7.74. The van der Waals surface area contributed by atoms with Crippen LogP contribution < -0.4 is 0 Å². The number of hydrogen-bond acceptors (Lipinski definition) is 1. The van der Waals surface area contributed by atoms with Gasteiger partial charge in [0.05, 0.1) is 0 Å². The standard InChI is InChI=1S/C9H18S/c1-2-3-5-8-6-4-7-9(8)10/h8-10H,2-7H2,1H3. The van der Waals surface area contributed by atoms with Crippen molar-refractivity contribution in [3.63, 3.8) is 0 Å². The summed E-state index contributed by atoms with van der Waals surface area (Å²) in [7, 11) is 0. The first-order valence-electron chi connectivity index (χ1n) is 4.52. The Kier molecular flexibility index (Phi) is 3.61. The second-order valence-electron chi connectivity index (χ2n) is 3.40. The van der Waals surface area contributed by atoms with E-state index in [0.717, 1.165) is 11.2 Å². The highest BCUT2D eigenvalue weighted by Gasteiger charge is 2.22. The van der Waals surface area contributed by atoms with Gasteiger partial charge in [0.15, 0.2) is 0 Å². The molecule has 1 heteroatoms. The van der Waals surface area contributed by atoms with Crippen LogP contribution in [0, 0.1) is 5.92 Å². The van der Waals surface area contributed by atoms with Crippen molar-refractivity contribution in [3.05, 3.63) is 0 Å². The van der Waals surface area contributed by atoms with E-state index in [-0.39, 0.29) is 0 Å². The molecule has 1 fully saturated rings. The SMILES string of the molecule is CCCCC1CCCC1S. The van der Waals surface area contributed by atoms with Crippen LogP contribution in [-0.2, 0) is 0 Å². The van der Waals surface area contributed by atoms with Crippen molar-refractivity contribution in [3.8, 4) is 0 Å². The van der Waals surface area contributed by atoms with Crippen LogP contribution in [0.4, 0.5) is 0 Å². The Labute approximate surface area is 69.8 Å². The molecule has 1 aliphatic rings. The van der Waals surface area contributed by atoms with Crippen LogP contribution in [0.5, 0.6) is 0 Å². The zero-order valence-electron chi connectivity index (χ0n) is 6.84. The van der Waals surface area contributed by atoms with E-state index in [0.29, 0.717) is 0 Å². The molecule has 0 aromatic heterocycles. The quantitative estimate of drug-likeness (QED) is 0.599. The molecular weight excluding hydrogens is 140 g/mol. The Morgan fingerprint density at radius 1 is 1.40 bits per heavy atom. The number of rotatable bonds is 3. The number of unbranched alkanes of at least 4 members (excludes halogenated alkanes) is 1. The highest BCUT2D eigenvalue weighted by Crippen LogP contribution is 2.33. The van der Waals surface area contributed by atoms with E-state index in [4.69, 9.17) is 0 Å². The fourth-order valence-corrected chi connectivity index (χ4v) is 2.30. The summed E-state index contributed by atoms with van der Waals surface area (Å²) in [5, 5.41) is 0.728. The third-order valence-corrected chi connectivity index (χ3v) is 3.23. The van der Waals surface area contributed by atoms with Gasteiger partial charge in [-0.05, 0) is 25.2 Å². The molecule has 0 heterocycles. The lowest BCUT2D eigenvalue weighted by atomic mass is 10.0. The Morgan fingerprint density at radius 2 is 2.20 bits per heavy atom. The summed E-state index contributed by atoms with van der Waals surface area (Å²) in [5.41, 5.74) is 0. The summed E-state index contributed by atoms with van der Waals surface area (Å²) in [6, 6.07) is 0. The van der Waals surface area contributed by atoms with Crippen LogP contribution in [0.15, 0.2) is 0 Å². The van der Waals surface area contributed by atoms with Gasteiger partial charge >= 0.3 is 0 Å². The number of thiol groups is 1. The highest BCUT2D eigenvalue weighted by atomic mass is 32.1. The van der Waals surface area contributed by atoms with Crippen molar-refractivity contribution < 1.29 is 0 Å². The van der Waals surface area contributed by atoms with Crippen LogP contribution in [0.25, 0.3) is 0 Å². The van der Waals surface area contributed by atoms with Crippen LogP contribution in [-0.4, -0.2) is 5.25 Å². The maximum Gasteiger partial charge on any atom is 0.00450 e. The van der Waals surface area contributed by atoms with E-state index < -0.39 is 0 Å². The summed E-state index contributed by atoms with van der Waals surface area (Å²) in [4.78, 5) is 0. The first-order chi connectivity index (χ1) is 4.84. The van der Waals surface area contributed by atoms with Crippen LogP contribution in [0.1, 0.15) is 45.4 Å². The van der Waals surface area contributed by atoms with Crippen molar-refractivity contribution in [2.75, 3.05) is 0 Å². The summed E-state index contributed by atoms with van der Waals surface area (Å²) in [5.74, 6) is 0.947. The molecule has 0 bridgehead atoms. The molecule has 0 spiro atoms. The molecule has 1 rings (SSSR count). The smallest absolute Gasteiger partial charge is 0.00450 e. The van der Waals surface area contributed by atoms with Crippen molar-refractivity contribution in [1.29, 1.82) is 0 Å². The minimum absolute atomic E-state index is 0.728. The molecule has 0 amide bonds. The molecule has 0 saturated heterocycles. The molecule has 60 valence electrons. The Bertz CT molecular complexity index is 90.7. The monoisotopic (exact) mass is 158 g/mol. The van der Waals surface area contributed by atoms with Gasteiger partial charge < -0.3 is 0 Å². The molecule has 1 saturated carbocycles. The van der Waals surface area contributed by atoms with Gasteiger partial charge in [-0.2, -0.15) is 12.6 Å². The molecular formula is C9H18S. The molecule has 2 unspecified atom stereocenters. The topological polar surface area (TPSA) is 0 Å². The highest BCUT2D eigenvalue weighted by molar-refractivity contribution is 7.81. The zero-order chi connectivity index (χ0) is 7.40. The van der Waals surface area contributed by atoms with Crippen molar-refractivity contribution in [1.82, 2.24) is 0 Å². The second-order valence-corrected chi connectivity index (χ2v) is 4.06. The largest absolute Gasteiger partial charge is 0.176 e. The second kappa shape index (κ2) is 4.27. The molecule has 1 aliphatic carbocycles. The third kappa shape index (κ3) is 2.19. The predicted octanol–water partition coefficient (Wildman–Crippen LogP) is 3.28. The maximum absolute atomic E-state index is 4.56. The van der Waals surface area contributed by atoms with E-state index >= 15 is 0 Å². The van der Waals surface area contributed by atoms with Crippen LogP contribution in [0.3, 0.4) is 0 Å². The third-order valence-electron chi connectivity index (χ3n) is 2.55. The van der Waals surface area contributed by atoms with Gasteiger partial charge in [0.25, 0.3) is 0 Å². The number of hydrogen-bond donors (Lipinski definition) is 1. The summed E-state index contributed by atoms with van der Waals surface area (Å²) >= 11 is 4.56. The normalized spacial score (nSPS) is 33.0. The molecule has 0 aromatic carbocycles. The molecule has 0 aliphatic heterocycles. The van der Waals surface area contributed by atoms with E-state index in [1.807, 2.05) is 0 Å². The van der Waals surface area contributed by atoms with E-state index in [9.17, 15) is 0 Å². The van der Waals surface area contributed by atoms with Gasteiger partial charge in [-0.3, -0.25) is 0 Å². The van der Waals surface area contributed by atoms with Crippen molar-refractivity contribution >= 4 is 12.6 Å². The van der Waals surface area contributed by atoms with Crippen LogP contribution >= 0.6 is 12.6 Å². The average Bonchev–Trinajstić information content (AvgIpc) is 2.31. The fourth-order valence-electron chi connectivity index (χ4n) is 1.82. The van der Waals surface area contributed by atoms with Crippen molar-refractivity contribution in [2.24, 2.45) is 5.92 Å². The fraction of sp³-hybridized carbons (Fsp3) is 1.00. The minimum Gasteiger partial charge on any atom is -0.176 e. The van der Waals surface area contributed by atoms with Gasteiger partial charge in [-0.1, -0.05) is 26.2 Å². The Morgan fingerprint density at radius 3 is 2.70 bits per heavy atom. The lowest BCUT2D eigenvalue weighted by Gasteiger charge is -2.12. The average molecular weight is 158 g/mol. The van der Waals surface area contributed by atoms with E-state index in [1.54, 1.807) is 0 Å². The Hall–Kier alpha value is 0.350. The molecule has 0 nitrogen and oxygen atoms in total. The first kappa shape index (κ1) is 8.45. The summed E-state index contributed by atoms with van der Waals surface area (Å²) in [6.45, 7) is 2.27. The van der Waals surface area contributed by atoms with Crippen molar-refractivity contribution in [2.45, 2.75) is 50.7 Å². The molecule has 2 atom stereocenters. The maximum atomic E-state index is 4.56. The summed E-state index contributed by atoms with van der Waals surface area (Å²) in [6.07, 6.45) is 8.39.